The molecule has 2 heterocycles. The predicted molar refractivity (Wildman–Crippen MR) is 141 cm³/mol. The zero-order chi connectivity index (χ0) is 26.1. The van der Waals surface area contributed by atoms with E-state index >= 15 is 0 Å². The topological polar surface area (TPSA) is 90.1 Å². The van der Waals surface area contributed by atoms with E-state index in [-0.39, 0.29) is 33.6 Å². The number of aromatic hydroxyl groups is 1. The number of allylic oxidation sites excluding steroid dienone is 1. The Bertz CT molecular complexity index is 1560. The summed E-state index contributed by atoms with van der Waals surface area (Å²) in [5.41, 5.74) is 1.22. The van der Waals surface area contributed by atoms with Gasteiger partial charge in [0, 0.05) is 16.1 Å². The molecule has 0 spiro atoms. The largest absolute Gasteiger partial charge is 0.506 e. The number of para-hydroxylation sites is 1. The van der Waals surface area contributed by atoms with Gasteiger partial charge in [-0.25, -0.2) is 9.79 Å². The molecule has 36 heavy (non-hydrogen) atoms. The van der Waals surface area contributed by atoms with E-state index in [1.54, 1.807) is 19.9 Å². The number of carbonyl (C=O) groups is 1. The number of phenolic OH excluding ortho intramolecular Hbond substituents is 1. The minimum atomic E-state index is -0.825. The fourth-order valence-corrected chi connectivity index (χ4v) is 5.54. The Morgan fingerprint density at radius 1 is 1.28 bits per heavy atom. The summed E-state index contributed by atoms with van der Waals surface area (Å²) in [5, 5.41) is 10.8. The number of rotatable bonds is 6. The van der Waals surface area contributed by atoms with Crippen LogP contribution in [0.3, 0.4) is 0 Å². The van der Waals surface area contributed by atoms with Crippen LogP contribution < -0.4 is 19.6 Å². The van der Waals surface area contributed by atoms with Gasteiger partial charge >= 0.3 is 5.97 Å². The fourth-order valence-electron chi connectivity index (χ4n) is 3.99. The molecule has 3 aromatic rings. The molecular formula is C26H24Cl2N2O5S. The Morgan fingerprint density at radius 3 is 2.69 bits per heavy atom. The van der Waals surface area contributed by atoms with E-state index in [4.69, 9.17) is 32.7 Å². The van der Waals surface area contributed by atoms with Gasteiger partial charge < -0.3 is 14.6 Å². The first-order valence-corrected chi connectivity index (χ1v) is 12.8. The quantitative estimate of drug-likeness (QED) is 0.456. The van der Waals surface area contributed by atoms with Crippen LogP contribution in [0, 0.1) is 0 Å². The molecule has 1 aliphatic rings. The molecule has 1 atom stereocenters. The molecule has 0 unspecified atom stereocenters. The Balaban J connectivity index is 2.01. The maximum atomic E-state index is 13.8. The van der Waals surface area contributed by atoms with Crippen LogP contribution in [0.15, 0.2) is 57.5 Å². The molecule has 7 nitrogen and oxygen atoms in total. The number of nitrogens with zero attached hydrogens (tertiary/aromatic N) is 2. The van der Waals surface area contributed by atoms with Crippen molar-refractivity contribution in [3.63, 3.8) is 0 Å². The third kappa shape index (κ3) is 4.93. The van der Waals surface area contributed by atoms with Crippen LogP contribution in [0.4, 0.5) is 0 Å². The smallest absolute Gasteiger partial charge is 0.338 e. The van der Waals surface area contributed by atoms with Gasteiger partial charge in [-0.2, -0.15) is 0 Å². The van der Waals surface area contributed by atoms with E-state index in [1.165, 1.54) is 22.8 Å². The van der Waals surface area contributed by atoms with Gasteiger partial charge in [-0.1, -0.05) is 52.7 Å². The highest BCUT2D eigenvalue weighted by Gasteiger charge is 2.35. The Kier molecular flexibility index (Phi) is 7.59. The van der Waals surface area contributed by atoms with Crippen LogP contribution >= 0.6 is 34.5 Å². The number of carbonyl (C=O) groups excluding carboxylic acids is 1. The maximum absolute atomic E-state index is 13.8. The summed E-state index contributed by atoms with van der Waals surface area (Å²) in [7, 11) is 0. The molecule has 0 saturated carbocycles. The summed E-state index contributed by atoms with van der Waals surface area (Å²) in [6, 6.07) is 9.38. The molecule has 2 aromatic carbocycles. The van der Waals surface area contributed by atoms with E-state index in [1.807, 2.05) is 32.0 Å². The summed E-state index contributed by atoms with van der Waals surface area (Å²) in [6.07, 6.45) is 1.38. The lowest BCUT2D eigenvalue weighted by Crippen LogP contribution is -2.40. The van der Waals surface area contributed by atoms with Crippen molar-refractivity contribution in [3.8, 4) is 11.5 Å². The molecular weight excluding hydrogens is 523 g/mol. The third-order valence-electron chi connectivity index (χ3n) is 5.44. The first-order valence-electron chi connectivity index (χ1n) is 11.3. The summed E-state index contributed by atoms with van der Waals surface area (Å²) in [6.45, 7) is 7.41. The Hall–Kier alpha value is -3.07. The number of hydrogen-bond donors (Lipinski definition) is 1. The van der Waals surface area contributed by atoms with Gasteiger partial charge in [-0.3, -0.25) is 9.36 Å². The number of aromatic nitrogens is 1. The van der Waals surface area contributed by atoms with Crippen LogP contribution in [0.2, 0.25) is 10.0 Å². The van der Waals surface area contributed by atoms with Gasteiger partial charge in [-0.05, 0) is 52.0 Å². The number of ether oxygens (including phenoxy) is 2. The average molecular weight is 547 g/mol. The van der Waals surface area contributed by atoms with Gasteiger partial charge in [0.25, 0.3) is 5.56 Å². The summed E-state index contributed by atoms with van der Waals surface area (Å²) in [5.74, 6) is -0.206. The van der Waals surface area contributed by atoms with Crippen LogP contribution in [0.1, 0.15) is 44.9 Å². The van der Waals surface area contributed by atoms with Gasteiger partial charge in [-0.15, -0.1) is 0 Å². The van der Waals surface area contributed by atoms with Crippen molar-refractivity contribution in [2.75, 3.05) is 6.61 Å². The van der Waals surface area contributed by atoms with Gasteiger partial charge in [0.05, 0.1) is 33.5 Å². The zero-order valence-corrected chi connectivity index (χ0v) is 22.4. The van der Waals surface area contributed by atoms with Gasteiger partial charge in [0.2, 0.25) is 0 Å². The van der Waals surface area contributed by atoms with Crippen molar-refractivity contribution in [3.05, 3.63) is 88.5 Å². The van der Waals surface area contributed by atoms with Crippen molar-refractivity contribution in [1.29, 1.82) is 0 Å². The van der Waals surface area contributed by atoms with E-state index in [9.17, 15) is 14.7 Å². The fraction of sp³-hybridized carbons (Fsp3) is 0.269. The van der Waals surface area contributed by atoms with Crippen LogP contribution in [0.5, 0.6) is 11.5 Å². The molecule has 4 rings (SSSR count). The molecule has 1 aliphatic heterocycles. The standard InChI is InChI=1S/C26H24Cl2N2O5S/c1-5-34-25(33)21-14(4)29-26-30(22(21)17-8-6-7-9-19(17)35-13(2)3)24(32)20(36-26)11-15-10-16(27)12-18(28)23(15)31/h6-13,22,31H,5H2,1-4H3/b20-11-/t22-/m0/s1. The molecule has 188 valence electrons. The Labute approximate surface area is 221 Å². The van der Waals surface area contributed by atoms with Crippen molar-refractivity contribution in [2.24, 2.45) is 4.99 Å². The number of esters is 1. The van der Waals surface area contributed by atoms with Crippen LogP contribution in [0.25, 0.3) is 6.08 Å². The second kappa shape index (κ2) is 10.5. The number of hydrogen-bond acceptors (Lipinski definition) is 7. The van der Waals surface area contributed by atoms with Crippen LogP contribution in [-0.2, 0) is 9.53 Å². The lowest BCUT2D eigenvalue weighted by atomic mass is 9.95. The maximum Gasteiger partial charge on any atom is 0.338 e. The molecule has 0 amide bonds. The first kappa shape index (κ1) is 26.0. The van der Waals surface area contributed by atoms with Crippen molar-refractivity contribution in [2.45, 2.75) is 39.8 Å². The van der Waals surface area contributed by atoms with E-state index in [2.05, 4.69) is 4.99 Å². The number of halogens is 2. The van der Waals surface area contributed by atoms with Crippen molar-refractivity contribution < 1.29 is 19.4 Å². The highest BCUT2D eigenvalue weighted by molar-refractivity contribution is 7.07. The molecule has 1 N–H and O–H groups in total. The van der Waals surface area contributed by atoms with E-state index in [0.717, 1.165) is 11.3 Å². The first-order chi connectivity index (χ1) is 17.1. The van der Waals surface area contributed by atoms with Crippen LogP contribution in [-0.4, -0.2) is 28.4 Å². The lowest BCUT2D eigenvalue weighted by molar-refractivity contribution is -0.139. The zero-order valence-electron chi connectivity index (χ0n) is 20.0. The normalized spacial score (nSPS) is 15.6. The van der Waals surface area contributed by atoms with Gasteiger partial charge in [0.15, 0.2) is 4.80 Å². The molecule has 0 bridgehead atoms. The van der Waals surface area contributed by atoms with Crippen molar-refractivity contribution in [1.82, 2.24) is 4.57 Å². The van der Waals surface area contributed by atoms with E-state index in [0.29, 0.717) is 32.4 Å². The minimum absolute atomic E-state index is 0.0691. The second-order valence-corrected chi connectivity index (χ2v) is 10.2. The number of benzene rings is 2. The minimum Gasteiger partial charge on any atom is -0.506 e. The molecule has 0 fully saturated rings. The van der Waals surface area contributed by atoms with E-state index < -0.39 is 17.6 Å². The molecule has 10 heteroatoms. The van der Waals surface area contributed by atoms with Crippen molar-refractivity contribution >= 4 is 46.6 Å². The predicted octanol–water partition coefficient (Wildman–Crippen LogP) is 4.60. The third-order valence-corrected chi connectivity index (χ3v) is 6.93. The SMILES string of the molecule is CCOC(=O)C1=C(C)N=c2s/c(=C\c3cc(Cl)cc(Cl)c3O)c(=O)n2[C@H]1c1ccccc1OC(C)C. The number of fused-ring (bicyclic) bond motifs is 1. The molecule has 0 aliphatic carbocycles. The van der Waals surface area contributed by atoms with Gasteiger partial charge in [0.1, 0.15) is 17.5 Å². The number of phenols is 1. The molecule has 0 saturated heterocycles. The number of thiazole rings is 1. The summed E-state index contributed by atoms with van der Waals surface area (Å²) >= 11 is 13.3. The molecule has 1 aromatic heterocycles. The highest BCUT2D eigenvalue weighted by Crippen LogP contribution is 2.36. The molecule has 0 radical (unpaired) electrons. The lowest BCUT2D eigenvalue weighted by Gasteiger charge is -2.26. The monoisotopic (exact) mass is 546 g/mol. The highest BCUT2D eigenvalue weighted by atomic mass is 35.5. The Morgan fingerprint density at radius 2 is 2.00 bits per heavy atom. The summed E-state index contributed by atoms with van der Waals surface area (Å²) < 4.78 is 13.1. The average Bonchev–Trinajstić information content (AvgIpc) is 3.11. The second-order valence-electron chi connectivity index (χ2n) is 8.33. The summed E-state index contributed by atoms with van der Waals surface area (Å²) in [4.78, 5) is 31.8.